The average Bonchev–Trinajstić information content (AvgIpc) is 3.01. The molecule has 0 bridgehead atoms. The lowest BCUT2D eigenvalue weighted by Crippen LogP contribution is -2.28. The molecule has 0 aliphatic carbocycles. The summed E-state index contributed by atoms with van der Waals surface area (Å²) >= 11 is 9.72. The molecule has 0 fully saturated rings. The van der Waals surface area contributed by atoms with Gasteiger partial charge in [0.2, 0.25) is 5.89 Å². The zero-order chi connectivity index (χ0) is 16.5. The molecule has 0 unspecified atom stereocenters. The highest BCUT2D eigenvalue weighted by molar-refractivity contribution is 9.10. The minimum Gasteiger partial charge on any atom is -0.436 e. The predicted octanol–water partition coefficient (Wildman–Crippen LogP) is 5.53. The van der Waals surface area contributed by atoms with Gasteiger partial charge >= 0.3 is 0 Å². The van der Waals surface area contributed by atoms with Crippen LogP contribution in [-0.4, -0.2) is 23.0 Å². The van der Waals surface area contributed by atoms with Crippen molar-refractivity contribution in [3.8, 4) is 0 Å². The van der Waals surface area contributed by atoms with Crippen molar-refractivity contribution in [2.24, 2.45) is 0 Å². The topological polar surface area (TPSA) is 29.3 Å². The van der Waals surface area contributed by atoms with E-state index in [1.807, 2.05) is 36.4 Å². The van der Waals surface area contributed by atoms with Gasteiger partial charge in [0.1, 0.15) is 5.52 Å². The van der Waals surface area contributed by atoms with Gasteiger partial charge in [0.15, 0.2) is 5.58 Å². The molecule has 5 heteroatoms. The molecule has 3 nitrogen and oxygen atoms in total. The first-order valence-corrected chi connectivity index (χ1v) is 9.07. The molecule has 3 aromatic rings. The Balaban J connectivity index is 1.50. The van der Waals surface area contributed by atoms with Crippen LogP contribution in [0.2, 0.25) is 5.02 Å². The van der Waals surface area contributed by atoms with Gasteiger partial charge < -0.3 is 4.42 Å². The molecule has 24 heavy (non-hydrogen) atoms. The molecule has 2 aromatic carbocycles. The molecule has 122 valence electrons. The molecule has 0 radical (unpaired) electrons. The van der Waals surface area contributed by atoms with Crippen LogP contribution < -0.4 is 0 Å². The third-order valence-electron chi connectivity index (χ3n) is 4.27. The minimum absolute atomic E-state index is 0.737. The number of hydrogen-bond acceptors (Lipinski definition) is 3. The SMILES string of the molecule is Clc1ccccc1CN1CC=C(c2nc3cc(Br)ccc3o2)CC1. The summed E-state index contributed by atoms with van der Waals surface area (Å²) in [5, 5.41) is 0.830. The maximum atomic E-state index is 6.26. The fraction of sp³-hybridized carbons (Fsp3) is 0.211. The maximum absolute atomic E-state index is 6.26. The van der Waals surface area contributed by atoms with Gasteiger partial charge in [0, 0.05) is 34.7 Å². The molecule has 1 aliphatic rings. The maximum Gasteiger partial charge on any atom is 0.222 e. The largest absolute Gasteiger partial charge is 0.436 e. The third kappa shape index (κ3) is 3.27. The summed E-state index contributed by atoms with van der Waals surface area (Å²) < 4.78 is 6.91. The lowest BCUT2D eigenvalue weighted by molar-refractivity contribution is 0.292. The van der Waals surface area contributed by atoms with Crippen LogP contribution in [0.4, 0.5) is 0 Å². The van der Waals surface area contributed by atoms with Gasteiger partial charge in [-0.1, -0.05) is 51.8 Å². The second-order valence-electron chi connectivity index (χ2n) is 5.94. The number of halogens is 2. The van der Waals surface area contributed by atoms with Gasteiger partial charge in [-0.25, -0.2) is 4.98 Å². The number of hydrogen-bond donors (Lipinski definition) is 0. The van der Waals surface area contributed by atoms with Gasteiger partial charge in [-0.3, -0.25) is 4.90 Å². The highest BCUT2D eigenvalue weighted by Crippen LogP contribution is 2.28. The van der Waals surface area contributed by atoms with Gasteiger partial charge in [0.25, 0.3) is 0 Å². The molecule has 0 atom stereocenters. The van der Waals surface area contributed by atoms with Crippen LogP contribution in [0.15, 0.2) is 57.4 Å². The quantitative estimate of drug-likeness (QED) is 0.575. The van der Waals surface area contributed by atoms with Crippen molar-refractivity contribution in [1.82, 2.24) is 9.88 Å². The van der Waals surface area contributed by atoms with Crippen molar-refractivity contribution in [2.75, 3.05) is 13.1 Å². The van der Waals surface area contributed by atoms with Gasteiger partial charge in [0.05, 0.1) is 0 Å². The summed E-state index contributed by atoms with van der Waals surface area (Å²) in [6, 6.07) is 13.9. The average molecular weight is 404 g/mol. The van der Waals surface area contributed by atoms with Crippen LogP contribution in [0.5, 0.6) is 0 Å². The number of aromatic nitrogens is 1. The van der Waals surface area contributed by atoms with Crippen LogP contribution in [0.25, 0.3) is 16.7 Å². The first-order chi connectivity index (χ1) is 11.7. The van der Waals surface area contributed by atoms with Crippen LogP contribution in [0, 0.1) is 0 Å². The second kappa shape index (κ2) is 6.71. The molecule has 1 aliphatic heterocycles. The van der Waals surface area contributed by atoms with Crippen molar-refractivity contribution >= 4 is 44.2 Å². The van der Waals surface area contributed by atoms with Crippen molar-refractivity contribution in [2.45, 2.75) is 13.0 Å². The molecular weight excluding hydrogens is 388 g/mol. The van der Waals surface area contributed by atoms with E-state index in [9.17, 15) is 0 Å². The fourth-order valence-corrected chi connectivity index (χ4v) is 3.50. The van der Waals surface area contributed by atoms with E-state index in [0.717, 1.165) is 52.5 Å². The Morgan fingerprint density at radius 2 is 2.08 bits per heavy atom. The molecule has 0 N–H and O–H groups in total. The summed E-state index contributed by atoms with van der Waals surface area (Å²) in [5.74, 6) is 0.737. The molecule has 4 rings (SSSR count). The zero-order valence-electron chi connectivity index (χ0n) is 13.0. The molecular formula is C19H16BrClN2O. The number of fused-ring (bicyclic) bond motifs is 1. The van der Waals surface area contributed by atoms with Gasteiger partial charge in [-0.05, 0) is 36.2 Å². The van der Waals surface area contributed by atoms with Gasteiger partial charge in [-0.15, -0.1) is 0 Å². The highest BCUT2D eigenvalue weighted by Gasteiger charge is 2.18. The lowest BCUT2D eigenvalue weighted by Gasteiger charge is -2.25. The number of nitrogens with zero attached hydrogens (tertiary/aromatic N) is 2. The van der Waals surface area contributed by atoms with Crippen molar-refractivity contribution in [3.05, 3.63) is 69.5 Å². The first kappa shape index (κ1) is 15.9. The summed E-state index contributed by atoms with van der Waals surface area (Å²) in [6.45, 7) is 2.71. The second-order valence-corrected chi connectivity index (χ2v) is 7.26. The van der Waals surface area contributed by atoms with E-state index < -0.39 is 0 Å². The van der Waals surface area contributed by atoms with E-state index in [-0.39, 0.29) is 0 Å². The number of benzene rings is 2. The predicted molar refractivity (Wildman–Crippen MR) is 101 cm³/mol. The fourth-order valence-electron chi connectivity index (χ4n) is 2.95. The van der Waals surface area contributed by atoms with E-state index in [2.05, 4.69) is 38.0 Å². The zero-order valence-corrected chi connectivity index (χ0v) is 15.3. The molecule has 0 saturated carbocycles. The Morgan fingerprint density at radius 1 is 1.21 bits per heavy atom. The van der Waals surface area contributed by atoms with Crippen LogP contribution in [0.1, 0.15) is 17.9 Å². The normalized spacial score (nSPS) is 15.7. The summed E-state index contributed by atoms with van der Waals surface area (Å²) in [6.07, 6.45) is 3.14. The third-order valence-corrected chi connectivity index (χ3v) is 5.13. The van der Waals surface area contributed by atoms with Crippen molar-refractivity contribution < 1.29 is 4.42 Å². The van der Waals surface area contributed by atoms with E-state index in [4.69, 9.17) is 16.0 Å². The van der Waals surface area contributed by atoms with Gasteiger partial charge in [-0.2, -0.15) is 0 Å². The monoisotopic (exact) mass is 402 g/mol. The van der Waals surface area contributed by atoms with E-state index in [1.54, 1.807) is 0 Å². The molecule has 2 heterocycles. The molecule has 0 amide bonds. The van der Waals surface area contributed by atoms with Crippen LogP contribution >= 0.6 is 27.5 Å². The lowest BCUT2D eigenvalue weighted by atomic mass is 10.1. The number of rotatable bonds is 3. The van der Waals surface area contributed by atoms with Crippen LogP contribution in [0.3, 0.4) is 0 Å². The molecule has 1 aromatic heterocycles. The Labute approximate surface area is 154 Å². The van der Waals surface area contributed by atoms with E-state index >= 15 is 0 Å². The van der Waals surface area contributed by atoms with Crippen LogP contribution in [-0.2, 0) is 6.54 Å². The number of oxazole rings is 1. The Kier molecular flexibility index (Phi) is 4.44. The molecule has 0 spiro atoms. The summed E-state index contributed by atoms with van der Waals surface area (Å²) in [4.78, 5) is 6.99. The molecule has 0 saturated heterocycles. The first-order valence-electron chi connectivity index (χ1n) is 7.90. The van der Waals surface area contributed by atoms with E-state index in [0.29, 0.717) is 0 Å². The van der Waals surface area contributed by atoms with E-state index in [1.165, 1.54) is 11.1 Å². The Morgan fingerprint density at radius 3 is 2.88 bits per heavy atom. The van der Waals surface area contributed by atoms with Crippen molar-refractivity contribution in [1.29, 1.82) is 0 Å². The smallest absolute Gasteiger partial charge is 0.222 e. The summed E-state index contributed by atoms with van der Waals surface area (Å²) in [5.41, 5.74) is 4.06. The highest BCUT2D eigenvalue weighted by atomic mass is 79.9. The van der Waals surface area contributed by atoms with Crippen molar-refractivity contribution in [3.63, 3.8) is 0 Å². The Hall–Kier alpha value is -1.62. The summed E-state index contributed by atoms with van der Waals surface area (Å²) in [7, 11) is 0. The minimum atomic E-state index is 0.737. The Bertz CT molecular complexity index is 919. The standard InChI is InChI=1S/C19H16BrClN2O/c20-15-5-6-18-17(11-15)22-19(24-18)13-7-9-23(10-8-13)12-14-3-1-2-4-16(14)21/h1-7,11H,8-10,12H2.